The van der Waals surface area contributed by atoms with Crippen LogP contribution in [-0.4, -0.2) is 48.7 Å². The SMILES string of the molecule is N#Cc1ccc(N2CCN(C(=O)CO)CC2)c(F)c1. The van der Waals surface area contributed by atoms with Crippen molar-refractivity contribution in [2.45, 2.75) is 0 Å². The molecular formula is C13H14FN3O2. The largest absolute Gasteiger partial charge is 0.387 e. The van der Waals surface area contributed by atoms with Crippen LogP contribution in [0.15, 0.2) is 18.2 Å². The molecule has 1 fully saturated rings. The molecule has 1 N–H and O–H groups in total. The second-order valence-corrected chi connectivity index (χ2v) is 4.30. The van der Waals surface area contributed by atoms with Gasteiger partial charge in [0.2, 0.25) is 5.91 Å². The van der Waals surface area contributed by atoms with E-state index in [9.17, 15) is 9.18 Å². The van der Waals surface area contributed by atoms with E-state index in [1.807, 2.05) is 11.0 Å². The quantitative estimate of drug-likeness (QED) is 0.835. The molecule has 1 aliphatic rings. The highest BCUT2D eigenvalue weighted by Crippen LogP contribution is 2.21. The number of hydrogen-bond acceptors (Lipinski definition) is 4. The average molecular weight is 263 g/mol. The first-order valence-corrected chi connectivity index (χ1v) is 5.99. The van der Waals surface area contributed by atoms with Gasteiger partial charge >= 0.3 is 0 Å². The van der Waals surface area contributed by atoms with Gasteiger partial charge in [0.05, 0.1) is 17.3 Å². The lowest BCUT2D eigenvalue weighted by Crippen LogP contribution is -2.49. The van der Waals surface area contributed by atoms with Crippen molar-refractivity contribution in [1.29, 1.82) is 5.26 Å². The van der Waals surface area contributed by atoms with Gasteiger partial charge in [-0.25, -0.2) is 4.39 Å². The number of carbonyl (C=O) groups is 1. The van der Waals surface area contributed by atoms with Crippen LogP contribution in [0, 0.1) is 17.1 Å². The maximum Gasteiger partial charge on any atom is 0.248 e. The second-order valence-electron chi connectivity index (χ2n) is 4.30. The number of rotatable bonds is 2. The molecule has 6 heteroatoms. The second kappa shape index (κ2) is 5.67. The summed E-state index contributed by atoms with van der Waals surface area (Å²) >= 11 is 0. The summed E-state index contributed by atoms with van der Waals surface area (Å²) in [5.74, 6) is -0.735. The number of halogens is 1. The summed E-state index contributed by atoms with van der Waals surface area (Å²) in [7, 11) is 0. The Morgan fingerprint density at radius 3 is 2.58 bits per heavy atom. The minimum Gasteiger partial charge on any atom is -0.387 e. The Labute approximate surface area is 110 Å². The van der Waals surface area contributed by atoms with Crippen LogP contribution >= 0.6 is 0 Å². The van der Waals surface area contributed by atoms with Gasteiger partial charge in [-0.3, -0.25) is 4.79 Å². The lowest BCUT2D eigenvalue weighted by atomic mass is 10.2. The highest BCUT2D eigenvalue weighted by molar-refractivity contribution is 5.77. The monoisotopic (exact) mass is 263 g/mol. The van der Waals surface area contributed by atoms with Crippen molar-refractivity contribution in [3.63, 3.8) is 0 Å². The van der Waals surface area contributed by atoms with Crippen LogP contribution in [-0.2, 0) is 4.79 Å². The molecule has 5 nitrogen and oxygen atoms in total. The average Bonchev–Trinajstić information content (AvgIpc) is 2.46. The molecule has 0 bridgehead atoms. The number of aliphatic hydroxyl groups is 1. The molecule has 2 rings (SSSR count). The van der Waals surface area contributed by atoms with Gasteiger partial charge in [-0.15, -0.1) is 0 Å². The van der Waals surface area contributed by atoms with Crippen molar-refractivity contribution >= 4 is 11.6 Å². The van der Waals surface area contributed by atoms with E-state index in [2.05, 4.69) is 0 Å². The molecule has 1 saturated heterocycles. The van der Waals surface area contributed by atoms with Crippen molar-refractivity contribution in [3.8, 4) is 6.07 Å². The number of nitrogens with zero attached hydrogens (tertiary/aromatic N) is 3. The molecule has 100 valence electrons. The predicted octanol–water partition coefficient (Wildman–Crippen LogP) is 0.338. The van der Waals surface area contributed by atoms with E-state index in [1.165, 1.54) is 6.07 Å². The van der Waals surface area contributed by atoms with Gasteiger partial charge in [-0.05, 0) is 18.2 Å². The molecule has 1 aromatic carbocycles. The number of amides is 1. The zero-order chi connectivity index (χ0) is 13.8. The Kier molecular flexibility index (Phi) is 3.97. The van der Waals surface area contributed by atoms with E-state index in [-0.39, 0.29) is 11.5 Å². The third kappa shape index (κ3) is 2.83. The van der Waals surface area contributed by atoms with Crippen LogP contribution < -0.4 is 4.90 Å². The molecule has 0 saturated carbocycles. The minimum atomic E-state index is -0.495. The summed E-state index contributed by atoms with van der Waals surface area (Å²) in [6.07, 6.45) is 0. The third-order valence-corrected chi connectivity index (χ3v) is 3.19. The molecule has 1 aliphatic heterocycles. The molecule has 19 heavy (non-hydrogen) atoms. The Morgan fingerprint density at radius 1 is 1.37 bits per heavy atom. The van der Waals surface area contributed by atoms with E-state index < -0.39 is 12.4 Å². The van der Waals surface area contributed by atoms with Gasteiger partial charge < -0.3 is 14.9 Å². The van der Waals surface area contributed by atoms with Crippen LogP contribution in [0.1, 0.15) is 5.56 Å². The molecule has 1 heterocycles. The fraction of sp³-hybridized carbons (Fsp3) is 0.385. The molecule has 0 unspecified atom stereocenters. The number of aliphatic hydroxyl groups excluding tert-OH is 1. The van der Waals surface area contributed by atoms with Crippen LogP contribution in [0.4, 0.5) is 10.1 Å². The van der Waals surface area contributed by atoms with E-state index in [0.717, 1.165) is 0 Å². The predicted molar refractivity (Wildman–Crippen MR) is 67.0 cm³/mol. The summed E-state index contributed by atoms with van der Waals surface area (Å²) in [6, 6.07) is 6.25. The Balaban J connectivity index is 2.06. The lowest BCUT2D eigenvalue weighted by molar-refractivity contribution is -0.134. The standard InChI is InChI=1S/C13H14FN3O2/c14-11-7-10(8-15)1-2-12(11)16-3-5-17(6-4-16)13(19)9-18/h1-2,7,18H,3-6,9H2. The number of hydrogen-bond donors (Lipinski definition) is 1. The van der Waals surface area contributed by atoms with Gasteiger partial charge in [-0.2, -0.15) is 5.26 Å². The molecule has 1 amide bonds. The van der Waals surface area contributed by atoms with Gasteiger partial charge in [0, 0.05) is 26.2 Å². The topological polar surface area (TPSA) is 67.6 Å². The van der Waals surface area contributed by atoms with Crippen LogP contribution in [0.25, 0.3) is 0 Å². The Bertz CT molecular complexity index is 519. The van der Waals surface area contributed by atoms with E-state index in [1.54, 1.807) is 17.0 Å². The summed E-state index contributed by atoms with van der Waals surface area (Å²) in [5, 5.41) is 17.5. The van der Waals surface area contributed by atoms with Crippen molar-refractivity contribution in [2.24, 2.45) is 0 Å². The molecule has 1 aromatic rings. The van der Waals surface area contributed by atoms with Gasteiger partial charge in [-0.1, -0.05) is 0 Å². The first-order valence-electron chi connectivity index (χ1n) is 5.99. The van der Waals surface area contributed by atoms with Crippen LogP contribution in [0.2, 0.25) is 0 Å². The third-order valence-electron chi connectivity index (χ3n) is 3.19. The first-order chi connectivity index (χ1) is 9.15. The van der Waals surface area contributed by atoms with Crippen molar-refractivity contribution in [3.05, 3.63) is 29.6 Å². The Morgan fingerprint density at radius 2 is 2.05 bits per heavy atom. The summed E-state index contributed by atoms with van der Waals surface area (Å²) in [5.41, 5.74) is 0.727. The summed E-state index contributed by atoms with van der Waals surface area (Å²) in [4.78, 5) is 14.7. The number of anilines is 1. The maximum absolute atomic E-state index is 13.8. The molecular weight excluding hydrogens is 249 g/mol. The first kappa shape index (κ1) is 13.3. The minimum absolute atomic E-state index is 0.287. The van der Waals surface area contributed by atoms with Gasteiger partial charge in [0.15, 0.2) is 0 Å². The van der Waals surface area contributed by atoms with E-state index in [0.29, 0.717) is 31.9 Å². The van der Waals surface area contributed by atoms with Crippen molar-refractivity contribution in [2.75, 3.05) is 37.7 Å². The number of piperazine rings is 1. The molecule has 0 aromatic heterocycles. The highest BCUT2D eigenvalue weighted by atomic mass is 19.1. The van der Waals surface area contributed by atoms with E-state index in [4.69, 9.17) is 10.4 Å². The van der Waals surface area contributed by atoms with E-state index >= 15 is 0 Å². The fourth-order valence-electron chi connectivity index (χ4n) is 2.13. The summed E-state index contributed by atoms with van der Waals surface area (Å²) < 4.78 is 13.8. The molecule has 0 aliphatic carbocycles. The molecule has 0 spiro atoms. The van der Waals surface area contributed by atoms with Crippen molar-refractivity contribution in [1.82, 2.24) is 4.90 Å². The lowest BCUT2D eigenvalue weighted by Gasteiger charge is -2.36. The van der Waals surface area contributed by atoms with Crippen LogP contribution in [0.3, 0.4) is 0 Å². The molecule has 0 radical (unpaired) electrons. The van der Waals surface area contributed by atoms with Gasteiger partial charge in [0.25, 0.3) is 0 Å². The Hall–Kier alpha value is -2.13. The maximum atomic E-state index is 13.8. The smallest absolute Gasteiger partial charge is 0.248 e. The number of benzene rings is 1. The molecule has 0 atom stereocenters. The fourth-order valence-corrected chi connectivity index (χ4v) is 2.13. The van der Waals surface area contributed by atoms with Gasteiger partial charge in [0.1, 0.15) is 12.4 Å². The summed E-state index contributed by atoms with van der Waals surface area (Å²) in [6.45, 7) is 1.44. The number of nitriles is 1. The number of carbonyl (C=O) groups excluding carboxylic acids is 1. The normalized spacial score (nSPS) is 15.2. The van der Waals surface area contributed by atoms with Crippen molar-refractivity contribution < 1.29 is 14.3 Å². The zero-order valence-corrected chi connectivity index (χ0v) is 10.3. The zero-order valence-electron chi connectivity index (χ0n) is 10.3. The highest BCUT2D eigenvalue weighted by Gasteiger charge is 2.22. The van der Waals surface area contributed by atoms with Crippen LogP contribution in [0.5, 0.6) is 0 Å².